The molecule has 0 amide bonds. The molecule has 0 aliphatic heterocycles. The number of sulfonamides is 1. The molecule has 0 bridgehead atoms. The molecule has 5 nitrogen and oxygen atoms in total. The maximum Gasteiger partial charge on any atom is 0.242 e. The van der Waals surface area contributed by atoms with Crippen molar-refractivity contribution in [2.45, 2.75) is 44.6 Å². The standard InChI is InChI=1S/C14H24N2O3S/c1-5-11(6-2)10(3)16-20(17,18)14-8-7-12(19-4)9-13(14)15/h7-11,16H,5-6,15H2,1-4H3. The maximum absolute atomic E-state index is 12.4. The molecule has 6 heteroatoms. The highest BCUT2D eigenvalue weighted by molar-refractivity contribution is 7.89. The molecule has 0 aliphatic rings. The maximum atomic E-state index is 12.4. The Bertz CT molecular complexity index is 539. The largest absolute Gasteiger partial charge is 0.497 e. The minimum Gasteiger partial charge on any atom is -0.497 e. The third-order valence-corrected chi connectivity index (χ3v) is 5.24. The molecule has 0 aliphatic carbocycles. The Balaban J connectivity index is 2.99. The Kier molecular flexibility index (Phi) is 5.83. The Morgan fingerprint density at radius 1 is 1.30 bits per heavy atom. The van der Waals surface area contributed by atoms with E-state index in [1.54, 1.807) is 6.07 Å². The predicted molar refractivity (Wildman–Crippen MR) is 81.3 cm³/mol. The highest BCUT2D eigenvalue weighted by Gasteiger charge is 2.23. The highest BCUT2D eigenvalue weighted by atomic mass is 32.2. The van der Waals surface area contributed by atoms with Crippen LogP contribution in [0.2, 0.25) is 0 Å². The summed E-state index contributed by atoms with van der Waals surface area (Å²) in [6.45, 7) is 6.00. The number of nitrogen functional groups attached to an aromatic ring is 1. The van der Waals surface area contributed by atoms with E-state index in [1.165, 1.54) is 19.2 Å². The van der Waals surface area contributed by atoms with E-state index in [2.05, 4.69) is 18.6 Å². The zero-order valence-corrected chi connectivity index (χ0v) is 13.3. The lowest BCUT2D eigenvalue weighted by molar-refractivity contribution is 0.390. The highest BCUT2D eigenvalue weighted by Crippen LogP contribution is 2.24. The van der Waals surface area contributed by atoms with E-state index in [0.717, 1.165) is 12.8 Å². The van der Waals surface area contributed by atoms with E-state index in [0.29, 0.717) is 11.7 Å². The number of methoxy groups -OCH3 is 1. The van der Waals surface area contributed by atoms with Crippen molar-refractivity contribution < 1.29 is 13.2 Å². The van der Waals surface area contributed by atoms with Crippen molar-refractivity contribution in [2.24, 2.45) is 5.92 Å². The van der Waals surface area contributed by atoms with Crippen LogP contribution in [0.4, 0.5) is 5.69 Å². The van der Waals surface area contributed by atoms with Gasteiger partial charge in [0.1, 0.15) is 10.6 Å². The van der Waals surface area contributed by atoms with E-state index in [9.17, 15) is 8.42 Å². The molecule has 1 unspecified atom stereocenters. The van der Waals surface area contributed by atoms with Gasteiger partial charge in [0.05, 0.1) is 12.8 Å². The molecule has 1 atom stereocenters. The summed E-state index contributed by atoms with van der Waals surface area (Å²) in [7, 11) is -2.10. The average Bonchev–Trinajstić information content (AvgIpc) is 2.38. The number of anilines is 1. The molecule has 0 saturated heterocycles. The summed E-state index contributed by atoms with van der Waals surface area (Å²) in [4.78, 5) is 0.0936. The van der Waals surface area contributed by atoms with Crippen molar-refractivity contribution in [1.82, 2.24) is 4.72 Å². The molecule has 114 valence electrons. The van der Waals surface area contributed by atoms with Gasteiger partial charge in [-0.05, 0) is 25.0 Å². The van der Waals surface area contributed by atoms with Gasteiger partial charge in [0.15, 0.2) is 0 Å². The summed E-state index contributed by atoms with van der Waals surface area (Å²) in [5, 5.41) is 0. The van der Waals surface area contributed by atoms with Crippen molar-refractivity contribution in [3.05, 3.63) is 18.2 Å². The Morgan fingerprint density at radius 3 is 2.35 bits per heavy atom. The molecule has 0 heterocycles. The minimum atomic E-state index is -3.61. The molecule has 0 radical (unpaired) electrons. The van der Waals surface area contributed by atoms with Gasteiger partial charge < -0.3 is 10.5 Å². The lowest BCUT2D eigenvalue weighted by Crippen LogP contribution is -2.38. The molecule has 0 saturated carbocycles. The predicted octanol–water partition coefficient (Wildman–Crippen LogP) is 2.38. The zero-order chi connectivity index (χ0) is 15.3. The van der Waals surface area contributed by atoms with Crippen LogP contribution >= 0.6 is 0 Å². The summed E-state index contributed by atoms with van der Waals surface area (Å²) in [5.74, 6) is 0.846. The number of rotatable bonds is 7. The van der Waals surface area contributed by atoms with Crippen LogP contribution in [0.15, 0.2) is 23.1 Å². The van der Waals surface area contributed by atoms with Gasteiger partial charge in [0.2, 0.25) is 10.0 Å². The molecule has 1 aromatic rings. The number of ether oxygens (including phenoxy) is 1. The number of nitrogens with two attached hydrogens (primary N) is 1. The van der Waals surface area contributed by atoms with Crippen molar-refractivity contribution in [2.75, 3.05) is 12.8 Å². The van der Waals surface area contributed by atoms with Crippen molar-refractivity contribution in [3.63, 3.8) is 0 Å². The number of hydrogen-bond acceptors (Lipinski definition) is 4. The Hall–Kier alpha value is -1.27. The second-order valence-corrected chi connectivity index (χ2v) is 6.57. The molecule has 1 aromatic carbocycles. The first kappa shape index (κ1) is 16.8. The number of nitrogens with one attached hydrogen (secondary N) is 1. The van der Waals surface area contributed by atoms with E-state index >= 15 is 0 Å². The summed E-state index contributed by atoms with van der Waals surface area (Å²) in [6.07, 6.45) is 1.86. The van der Waals surface area contributed by atoms with Crippen molar-refractivity contribution >= 4 is 15.7 Å². The summed E-state index contributed by atoms with van der Waals surface area (Å²) < 4.78 is 32.5. The third kappa shape index (κ3) is 3.86. The van der Waals surface area contributed by atoms with Gasteiger partial charge in [0.25, 0.3) is 0 Å². The van der Waals surface area contributed by atoms with Crippen molar-refractivity contribution in [3.8, 4) is 5.75 Å². The minimum absolute atomic E-state index is 0.0936. The number of hydrogen-bond donors (Lipinski definition) is 2. The van der Waals surface area contributed by atoms with E-state index in [4.69, 9.17) is 10.5 Å². The smallest absolute Gasteiger partial charge is 0.242 e. The lowest BCUT2D eigenvalue weighted by atomic mass is 9.96. The molecule has 0 spiro atoms. The van der Waals surface area contributed by atoms with Crippen LogP contribution in [0.25, 0.3) is 0 Å². The SMILES string of the molecule is CCC(CC)C(C)NS(=O)(=O)c1ccc(OC)cc1N. The summed E-state index contributed by atoms with van der Waals surface area (Å²) >= 11 is 0. The fourth-order valence-corrected chi connectivity index (χ4v) is 3.72. The van der Waals surface area contributed by atoms with Crippen LogP contribution < -0.4 is 15.2 Å². The van der Waals surface area contributed by atoms with Gasteiger partial charge >= 0.3 is 0 Å². The summed E-state index contributed by atoms with van der Waals surface area (Å²) in [6, 6.07) is 4.44. The first-order chi connectivity index (χ1) is 9.35. The normalized spacial score (nSPS) is 13.4. The molecule has 20 heavy (non-hydrogen) atoms. The Labute approximate surface area is 121 Å². The van der Waals surface area contributed by atoms with Crippen LogP contribution in [-0.4, -0.2) is 21.6 Å². The topological polar surface area (TPSA) is 81.4 Å². The third-order valence-electron chi connectivity index (χ3n) is 3.60. The second kappa shape index (κ2) is 6.95. The van der Waals surface area contributed by atoms with Crippen LogP contribution in [0, 0.1) is 5.92 Å². The Morgan fingerprint density at radius 2 is 1.90 bits per heavy atom. The second-order valence-electron chi connectivity index (χ2n) is 4.89. The first-order valence-corrected chi connectivity index (χ1v) is 8.29. The van der Waals surface area contributed by atoms with Crippen LogP contribution in [0.5, 0.6) is 5.75 Å². The number of benzene rings is 1. The van der Waals surface area contributed by atoms with Gasteiger partial charge in [0, 0.05) is 12.1 Å². The fraction of sp³-hybridized carbons (Fsp3) is 0.571. The summed E-state index contributed by atoms with van der Waals surface area (Å²) in [5.41, 5.74) is 5.99. The quantitative estimate of drug-likeness (QED) is 0.758. The van der Waals surface area contributed by atoms with Gasteiger partial charge in [-0.3, -0.25) is 0 Å². The average molecular weight is 300 g/mol. The molecule has 0 fully saturated rings. The van der Waals surface area contributed by atoms with E-state index < -0.39 is 10.0 Å². The fourth-order valence-electron chi connectivity index (χ4n) is 2.30. The van der Waals surface area contributed by atoms with Crippen LogP contribution in [-0.2, 0) is 10.0 Å². The molecule has 1 rings (SSSR count). The van der Waals surface area contributed by atoms with Gasteiger partial charge in [-0.25, -0.2) is 13.1 Å². The van der Waals surface area contributed by atoms with Gasteiger partial charge in [-0.1, -0.05) is 26.7 Å². The molecule has 0 aromatic heterocycles. The monoisotopic (exact) mass is 300 g/mol. The van der Waals surface area contributed by atoms with Gasteiger partial charge in [-0.15, -0.1) is 0 Å². The van der Waals surface area contributed by atoms with Crippen LogP contribution in [0.1, 0.15) is 33.6 Å². The lowest BCUT2D eigenvalue weighted by Gasteiger charge is -2.22. The van der Waals surface area contributed by atoms with E-state index in [-0.39, 0.29) is 16.6 Å². The zero-order valence-electron chi connectivity index (χ0n) is 12.5. The molecular weight excluding hydrogens is 276 g/mol. The van der Waals surface area contributed by atoms with E-state index in [1.807, 2.05) is 6.92 Å². The molecule has 3 N–H and O–H groups in total. The van der Waals surface area contributed by atoms with Crippen molar-refractivity contribution in [1.29, 1.82) is 0 Å². The van der Waals surface area contributed by atoms with Gasteiger partial charge in [-0.2, -0.15) is 0 Å². The first-order valence-electron chi connectivity index (χ1n) is 6.81. The van der Waals surface area contributed by atoms with Crippen LogP contribution in [0.3, 0.4) is 0 Å². The molecular formula is C14H24N2O3S.